The molecule has 2 unspecified atom stereocenters. The van der Waals surface area contributed by atoms with Crippen LogP contribution in [0.15, 0.2) is 0 Å². The summed E-state index contributed by atoms with van der Waals surface area (Å²) in [4.78, 5) is 14.9. The summed E-state index contributed by atoms with van der Waals surface area (Å²) in [5.41, 5.74) is 0. The van der Waals surface area contributed by atoms with E-state index in [1.807, 2.05) is 0 Å². The van der Waals surface area contributed by atoms with Crippen LogP contribution < -0.4 is 0 Å². The minimum atomic E-state index is -0.541. The number of nitrogens with zero attached hydrogens (tertiary/aromatic N) is 1. The van der Waals surface area contributed by atoms with Gasteiger partial charge in [-0.2, -0.15) is 0 Å². The third-order valence-electron chi connectivity index (χ3n) is 5.49. The van der Waals surface area contributed by atoms with Crippen LogP contribution in [0, 0.1) is 11.8 Å². The lowest BCUT2D eigenvalue weighted by atomic mass is 9.76. The molecule has 4 nitrogen and oxygen atoms in total. The van der Waals surface area contributed by atoms with Crippen LogP contribution in [0.3, 0.4) is 0 Å². The van der Waals surface area contributed by atoms with Crippen molar-refractivity contribution in [2.75, 3.05) is 26.2 Å². The zero-order valence-electron chi connectivity index (χ0n) is 16.5. The number of aliphatic hydroxyl groups is 1. The molecule has 150 valence electrons. The molecule has 0 aromatic rings. The van der Waals surface area contributed by atoms with Gasteiger partial charge in [-0.1, -0.05) is 59.3 Å². The molecule has 1 aliphatic carbocycles. The van der Waals surface area contributed by atoms with Gasteiger partial charge in [0.15, 0.2) is 0 Å². The Morgan fingerprint density at radius 2 is 1.76 bits per heavy atom. The first-order chi connectivity index (χ1) is 11.6. The summed E-state index contributed by atoms with van der Waals surface area (Å²) in [6.45, 7) is 9.56. The highest BCUT2D eigenvalue weighted by Crippen LogP contribution is 2.34. The quantitative estimate of drug-likeness (QED) is 0.403. The SMILES string of the molecule is CCCCCC(O)C(C(=O)OCCN(CC)CC)C1CCCCC1.Cl. The van der Waals surface area contributed by atoms with Gasteiger partial charge in [-0.15, -0.1) is 12.4 Å². The molecule has 0 radical (unpaired) electrons. The molecule has 1 aliphatic rings. The van der Waals surface area contributed by atoms with Crippen LogP contribution in [-0.2, 0) is 9.53 Å². The van der Waals surface area contributed by atoms with E-state index in [1.165, 1.54) is 19.3 Å². The van der Waals surface area contributed by atoms with Crippen molar-refractivity contribution in [3.05, 3.63) is 0 Å². The van der Waals surface area contributed by atoms with Crippen molar-refractivity contribution in [1.82, 2.24) is 4.90 Å². The Morgan fingerprint density at radius 3 is 2.32 bits per heavy atom. The molecule has 1 rings (SSSR count). The first kappa shape index (κ1) is 24.7. The Morgan fingerprint density at radius 1 is 1.12 bits per heavy atom. The molecule has 2 atom stereocenters. The van der Waals surface area contributed by atoms with E-state index in [2.05, 4.69) is 25.7 Å². The van der Waals surface area contributed by atoms with E-state index in [-0.39, 0.29) is 24.3 Å². The fourth-order valence-electron chi connectivity index (χ4n) is 3.85. The van der Waals surface area contributed by atoms with Gasteiger partial charge in [0.25, 0.3) is 0 Å². The van der Waals surface area contributed by atoms with Crippen molar-refractivity contribution in [3.8, 4) is 0 Å². The lowest BCUT2D eigenvalue weighted by Crippen LogP contribution is -2.38. The van der Waals surface area contributed by atoms with Crippen LogP contribution in [0.2, 0.25) is 0 Å². The van der Waals surface area contributed by atoms with E-state index in [9.17, 15) is 9.90 Å². The van der Waals surface area contributed by atoms with Crippen LogP contribution in [-0.4, -0.2) is 48.3 Å². The molecule has 0 aromatic carbocycles. The average Bonchev–Trinajstić information content (AvgIpc) is 2.60. The van der Waals surface area contributed by atoms with Gasteiger partial charge in [-0.25, -0.2) is 0 Å². The van der Waals surface area contributed by atoms with Crippen molar-refractivity contribution < 1.29 is 14.6 Å². The van der Waals surface area contributed by atoms with Gasteiger partial charge >= 0.3 is 5.97 Å². The number of hydrogen-bond acceptors (Lipinski definition) is 4. The maximum Gasteiger partial charge on any atom is 0.311 e. The summed E-state index contributed by atoms with van der Waals surface area (Å²) in [5, 5.41) is 10.6. The van der Waals surface area contributed by atoms with Gasteiger partial charge in [0.05, 0.1) is 12.0 Å². The molecule has 0 saturated heterocycles. The van der Waals surface area contributed by atoms with Crippen LogP contribution in [0.5, 0.6) is 0 Å². The number of unbranched alkanes of at least 4 members (excludes halogenated alkanes) is 2. The summed E-state index contributed by atoms with van der Waals surface area (Å²) in [6, 6.07) is 0. The van der Waals surface area contributed by atoms with Crippen LogP contribution in [0.4, 0.5) is 0 Å². The Balaban J connectivity index is 0.00000576. The highest BCUT2D eigenvalue weighted by Gasteiger charge is 2.36. The smallest absolute Gasteiger partial charge is 0.311 e. The fraction of sp³-hybridized carbons (Fsp3) is 0.950. The number of rotatable bonds is 12. The third kappa shape index (κ3) is 9.25. The van der Waals surface area contributed by atoms with Gasteiger partial charge < -0.3 is 14.7 Å². The zero-order chi connectivity index (χ0) is 17.8. The lowest BCUT2D eigenvalue weighted by molar-refractivity contribution is -0.157. The molecule has 0 spiro atoms. The number of carbonyl (C=O) groups is 1. The van der Waals surface area contributed by atoms with E-state index < -0.39 is 6.10 Å². The molecule has 1 N–H and O–H groups in total. The monoisotopic (exact) mass is 377 g/mol. The molecule has 25 heavy (non-hydrogen) atoms. The molecule has 0 aromatic heterocycles. The number of esters is 1. The molecule has 1 fully saturated rings. The lowest BCUT2D eigenvalue weighted by Gasteiger charge is -2.32. The van der Waals surface area contributed by atoms with Crippen molar-refractivity contribution in [2.24, 2.45) is 11.8 Å². The molecule has 0 heterocycles. The summed E-state index contributed by atoms with van der Waals surface area (Å²) in [5.74, 6) is -0.187. The van der Waals surface area contributed by atoms with Gasteiger partial charge in [0, 0.05) is 6.54 Å². The molecule has 0 amide bonds. The van der Waals surface area contributed by atoms with Crippen molar-refractivity contribution in [2.45, 2.75) is 84.7 Å². The molecule has 5 heteroatoms. The number of carbonyl (C=O) groups excluding carboxylic acids is 1. The maximum absolute atomic E-state index is 12.7. The summed E-state index contributed by atoms with van der Waals surface area (Å²) in [7, 11) is 0. The standard InChI is InChI=1S/C20H39NO3.ClH/c1-4-7-9-14-18(22)19(17-12-10-8-11-13-17)20(23)24-16-15-21(5-2)6-3;/h17-19,22H,4-16H2,1-3H3;1H. The predicted octanol–water partition coefficient (Wildman–Crippen LogP) is 4.43. The van der Waals surface area contributed by atoms with Gasteiger partial charge in [-0.05, 0) is 38.3 Å². The summed E-state index contributed by atoms with van der Waals surface area (Å²) < 4.78 is 5.58. The minimum absolute atomic E-state index is 0. The van der Waals surface area contributed by atoms with Crippen LogP contribution in [0.25, 0.3) is 0 Å². The van der Waals surface area contributed by atoms with Gasteiger partial charge in [-0.3, -0.25) is 4.79 Å². The molecular weight excluding hydrogens is 338 g/mol. The first-order valence-corrected chi connectivity index (χ1v) is 10.2. The highest BCUT2D eigenvalue weighted by atomic mass is 35.5. The van der Waals surface area contributed by atoms with Crippen LogP contribution >= 0.6 is 12.4 Å². The zero-order valence-corrected chi connectivity index (χ0v) is 17.4. The van der Waals surface area contributed by atoms with Gasteiger partial charge in [0.1, 0.15) is 6.61 Å². The first-order valence-electron chi connectivity index (χ1n) is 10.2. The number of likely N-dealkylation sites (N-methyl/N-ethyl adjacent to an activating group) is 1. The molecule has 0 bridgehead atoms. The van der Waals surface area contributed by atoms with E-state index in [1.54, 1.807) is 0 Å². The fourth-order valence-corrected chi connectivity index (χ4v) is 3.85. The van der Waals surface area contributed by atoms with E-state index in [4.69, 9.17) is 4.74 Å². The normalized spacial score (nSPS) is 17.8. The van der Waals surface area contributed by atoms with Crippen molar-refractivity contribution in [1.29, 1.82) is 0 Å². The highest BCUT2D eigenvalue weighted by molar-refractivity contribution is 5.85. The molecule has 0 aliphatic heterocycles. The Kier molecular flexibility index (Phi) is 14.6. The second-order valence-electron chi connectivity index (χ2n) is 7.18. The summed E-state index contributed by atoms with van der Waals surface area (Å²) >= 11 is 0. The second-order valence-corrected chi connectivity index (χ2v) is 7.18. The topological polar surface area (TPSA) is 49.8 Å². The Bertz CT molecular complexity index is 331. The van der Waals surface area contributed by atoms with E-state index in [0.717, 1.165) is 58.2 Å². The minimum Gasteiger partial charge on any atom is -0.464 e. The number of aliphatic hydroxyl groups excluding tert-OH is 1. The largest absolute Gasteiger partial charge is 0.464 e. The predicted molar refractivity (Wildman–Crippen MR) is 106 cm³/mol. The van der Waals surface area contributed by atoms with E-state index >= 15 is 0 Å². The molecule has 1 saturated carbocycles. The average molecular weight is 378 g/mol. The maximum atomic E-state index is 12.7. The van der Waals surface area contributed by atoms with E-state index in [0.29, 0.717) is 12.5 Å². The van der Waals surface area contributed by atoms with Gasteiger partial charge in [0.2, 0.25) is 0 Å². The number of halogens is 1. The summed E-state index contributed by atoms with van der Waals surface area (Å²) in [6.07, 6.45) is 9.15. The number of ether oxygens (including phenoxy) is 1. The van der Waals surface area contributed by atoms with Crippen LogP contribution in [0.1, 0.15) is 78.6 Å². The number of hydrogen-bond donors (Lipinski definition) is 1. The Labute approximate surface area is 161 Å². The molecular formula is C20H40ClNO3. The second kappa shape index (κ2) is 14.8. The van der Waals surface area contributed by atoms with Crippen molar-refractivity contribution in [3.63, 3.8) is 0 Å². The Hall–Kier alpha value is -0.320. The van der Waals surface area contributed by atoms with Crippen molar-refractivity contribution >= 4 is 18.4 Å². The third-order valence-corrected chi connectivity index (χ3v) is 5.49.